The number of carbonyl (C=O) groups excluding carboxylic acids is 1. The average Bonchev–Trinajstić information content (AvgIpc) is 2.47. The highest BCUT2D eigenvalue weighted by atomic mass is 35.5. The molecule has 0 spiro atoms. The molecule has 1 atom stereocenters. The van der Waals surface area contributed by atoms with Gasteiger partial charge >= 0.3 is 0 Å². The number of amides is 1. The van der Waals surface area contributed by atoms with Gasteiger partial charge in [-0.15, -0.1) is 0 Å². The summed E-state index contributed by atoms with van der Waals surface area (Å²) in [6.07, 6.45) is 0. The van der Waals surface area contributed by atoms with Crippen LogP contribution in [0.5, 0.6) is 0 Å². The Morgan fingerprint density at radius 1 is 1.19 bits per heavy atom. The number of carbonyl (C=O) groups is 1. The first-order chi connectivity index (χ1) is 10.1. The van der Waals surface area contributed by atoms with Crippen LogP contribution in [0.3, 0.4) is 0 Å². The van der Waals surface area contributed by atoms with Crippen LogP contribution in [0.2, 0.25) is 5.02 Å². The Hall–Kier alpha value is -1.84. The molecule has 0 fully saturated rings. The van der Waals surface area contributed by atoms with Gasteiger partial charge in [-0.1, -0.05) is 41.9 Å². The number of nitrogens with zero attached hydrogens (tertiary/aromatic N) is 1. The van der Waals surface area contributed by atoms with E-state index < -0.39 is 0 Å². The van der Waals surface area contributed by atoms with E-state index in [-0.39, 0.29) is 11.9 Å². The van der Waals surface area contributed by atoms with Gasteiger partial charge in [0, 0.05) is 17.3 Å². The van der Waals surface area contributed by atoms with Gasteiger partial charge in [0.05, 0.1) is 6.04 Å². The maximum absolute atomic E-state index is 12.2. The van der Waals surface area contributed by atoms with E-state index in [1.54, 1.807) is 0 Å². The van der Waals surface area contributed by atoms with Crippen LogP contribution in [-0.2, 0) is 11.3 Å². The maximum atomic E-state index is 12.2. The Balaban J connectivity index is 1.95. The fraction of sp³-hybridized carbons (Fsp3) is 0.235. The molecule has 0 aliphatic carbocycles. The summed E-state index contributed by atoms with van der Waals surface area (Å²) in [5.41, 5.74) is 1.90. The topological polar surface area (TPSA) is 32.3 Å². The molecule has 0 aromatic heterocycles. The zero-order valence-corrected chi connectivity index (χ0v) is 13.0. The minimum Gasteiger partial charge on any atom is -0.325 e. The van der Waals surface area contributed by atoms with Crippen molar-refractivity contribution in [3.63, 3.8) is 0 Å². The number of hydrogen-bond acceptors (Lipinski definition) is 2. The lowest BCUT2D eigenvalue weighted by molar-refractivity contribution is -0.120. The molecule has 0 unspecified atom stereocenters. The van der Waals surface area contributed by atoms with E-state index in [1.165, 1.54) is 0 Å². The monoisotopic (exact) mass is 302 g/mol. The molecule has 0 heterocycles. The van der Waals surface area contributed by atoms with E-state index in [9.17, 15) is 4.79 Å². The standard InChI is InChI=1S/C17H19ClN2O/c1-13(17(21)19-16-9-4-3-5-10-16)20(2)12-14-7-6-8-15(18)11-14/h3-11,13H,12H2,1-2H3,(H,19,21)/t13-/m0/s1. The van der Waals surface area contributed by atoms with E-state index >= 15 is 0 Å². The molecule has 1 amide bonds. The van der Waals surface area contributed by atoms with Crippen LogP contribution in [0.1, 0.15) is 12.5 Å². The molecule has 0 saturated carbocycles. The Kier molecular flexibility index (Phi) is 5.37. The Labute approximate surface area is 130 Å². The predicted molar refractivity (Wildman–Crippen MR) is 87.5 cm³/mol. The fourth-order valence-corrected chi connectivity index (χ4v) is 2.24. The van der Waals surface area contributed by atoms with Gasteiger partial charge in [-0.2, -0.15) is 0 Å². The second-order valence-electron chi connectivity index (χ2n) is 5.08. The lowest BCUT2D eigenvalue weighted by Crippen LogP contribution is -2.39. The lowest BCUT2D eigenvalue weighted by Gasteiger charge is -2.24. The van der Waals surface area contributed by atoms with Crippen LogP contribution in [-0.4, -0.2) is 23.9 Å². The first-order valence-electron chi connectivity index (χ1n) is 6.87. The number of para-hydroxylation sites is 1. The molecule has 4 heteroatoms. The summed E-state index contributed by atoms with van der Waals surface area (Å²) in [4.78, 5) is 14.2. The third-order valence-electron chi connectivity index (χ3n) is 3.40. The highest BCUT2D eigenvalue weighted by Crippen LogP contribution is 2.14. The van der Waals surface area contributed by atoms with Crippen molar-refractivity contribution < 1.29 is 4.79 Å². The van der Waals surface area contributed by atoms with Crippen molar-refractivity contribution in [2.45, 2.75) is 19.5 Å². The van der Waals surface area contributed by atoms with Gasteiger partial charge in [-0.25, -0.2) is 0 Å². The molecule has 2 aromatic rings. The number of anilines is 1. The fourth-order valence-electron chi connectivity index (χ4n) is 2.03. The zero-order valence-electron chi connectivity index (χ0n) is 12.2. The van der Waals surface area contributed by atoms with Crippen molar-refractivity contribution in [3.8, 4) is 0 Å². The van der Waals surface area contributed by atoms with Gasteiger partial charge in [0.2, 0.25) is 5.91 Å². The van der Waals surface area contributed by atoms with Crippen molar-refractivity contribution in [2.24, 2.45) is 0 Å². The van der Waals surface area contributed by atoms with E-state index in [1.807, 2.05) is 73.5 Å². The molecular weight excluding hydrogens is 284 g/mol. The van der Waals surface area contributed by atoms with E-state index in [4.69, 9.17) is 11.6 Å². The SMILES string of the molecule is C[C@@H](C(=O)Nc1ccccc1)N(C)Cc1cccc(Cl)c1. The lowest BCUT2D eigenvalue weighted by atomic mass is 10.2. The molecule has 0 saturated heterocycles. The van der Waals surface area contributed by atoms with E-state index in [0.717, 1.165) is 11.3 Å². The Bertz CT molecular complexity index is 601. The molecule has 2 aromatic carbocycles. The Morgan fingerprint density at radius 3 is 2.57 bits per heavy atom. The van der Waals surface area contributed by atoms with Crippen LogP contribution in [0.4, 0.5) is 5.69 Å². The third kappa shape index (κ3) is 4.59. The molecule has 0 aliphatic heterocycles. The van der Waals surface area contributed by atoms with E-state index in [0.29, 0.717) is 11.6 Å². The molecule has 110 valence electrons. The van der Waals surface area contributed by atoms with Gasteiger partial charge < -0.3 is 5.32 Å². The second-order valence-corrected chi connectivity index (χ2v) is 5.51. The maximum Gasteiger partial charge on any atom is 0.241 e. The quantitative estimate of drug-likeness (QED) is 0.911. The number of likely N-dealkylation sites (N-methyl/N-ethyl adjacent to an activating group) is 1. The van der Waals surface area contributed by atoms with Crippen molar-refractivity contribution in [1.29, 1.82) is 0 Å². The number of rotatable bonds is 5. The van der Waals surface area contributed by atoms with Crippen molar-refractivity contribution >= 4 is 23.2 Å². The van der Waals surface area contributed by atoms with Crippen LogP contribution >= 0.6 is 11.6 Å². The summed E-state index contributed by atoms with van der Waals surface area (Å²) in [6.45, 7) is 2.56. The third-order valence-corrected chi connectivity index (χ3v) is 3.64. The summed E-state index contributed by atoms with van der Waals surface area (Å²) in [5, 5.41) is 3.62. The van der Waals surface area contributed by atoms with Gasteiger partial charge in [0.25, 0.3) is 0 Å². The normalized spacial score (nSPS) is 12.2. The highest BCUT2D eigenvalue weighted by molar-refractivity contribution is 6.30. The average molecular weight is 303 g/mol. The van der Waals surface area contributed by atoms with Crippen LogP contribution in [0.15, 0.2) is 54.6 Å². The van der Waals surface area contributed by atoms with Gasteiger partial charge in [-0.05, 0) is 43.8 Å². The smallest absolute Gasteiger partial charge is 0.241 e. The molecule has 2 rings (SSSR count). The van der Waals surface area contributed by atoms with E-state index in [2.05, 4.69) is 5.32 Å². The summed E-state index contributed by atoms with van der Waals surface area (Å²) < 4.78 is 0. The Morgan fingerprint density at radius 2 is 1.90 bits per heavy atom. The molecular formula is C17H19ClN2O. The summed E-state index contributed by atoms with van der Waals surface area (Å²) in [6, 6.07) is 16.9. The molecule has 0 radical (unpaired) electrons. The predicted octanol–water partition coefficient (Wildman–Crippen LogP) is 3.80. The molecule has 0 bridgehead atoms. The molecule has 0 aliphatic rings. The second kappa shape index (κ2) is 7.25. The van der Waals surface area contributed by atoms with Gasteiger partial charge in [0.15, 0.2) is 0 Å². The number of hydrogen-bond donors (Lipinski definition) is 1. The van der Waals surface area contributed by atoms with Crippen molar-refractivity contribution in [3.05, 3.63) is 65.2 Å². The number of benzene rings is 2. The summed E-state index contributed by atoms with van der Waals surface area (Å²) in [5.74, 6) is -0.0225. The van der Waals surface area contributed by atoms with Crippen LogP contribution in [0, 0.1) is 0 Å². The molecule has 21 heavy (non-hydrogen) atoms. The first-order valence-corrected chi connectivity index (χ1v) is 7.24. The first kappa shape index (κ1) is 15.5. The largest absolute Gasteiger partial charge is 0.325 e. The minimum atomic E-state index is -0.232. The molecule has 1 N–H and O–H groups in total. The summed E-state index contributed by atoms with van der Waals surface area (Å²) in [7, 11) is 1.93. The highest BCUT2D eigenvalue weighted by Gasteiger charge is 2.18. The number of halogens is 1. The number of nitrogens with one attached hydrogen (secondary N) is 1. The van der Waals surface area contributed by atoms with Crippen LogP contribution in [0.25, 0.3) is 0 Å². The zero-order chi connectivity index (χ0) is 15.2. The van der Waals surface area contributed by atoms with Crippen LogP contribution < -0.4 is 5.32 Å². The minimum absolute atomic E-state index is 0.0225. The van der Waals surface area contributed by atoms with Gasteiger partial charge in [-0.3, -0.25) is 9.69 Å². The van der Waals surface area contributed by atoms with Gasteiger partial charge in [0.1, 0.15) is 0 Å². The summed E-state index contributed by atoms with van der Waals surface area (Å²) >= 11 is 5.98. The molecule has 3 nitrogen and oxygen atoms in total. The van der Waals surface area contributed by atoms with Crippen molar-refractivity contribution in [1.82, 2.24) is 4.90 Å². The van der Waals surface area contributed by atoms with Crippen molar-refractivity contribution in [2.75, 3.05) is 12.4 Å².